The van der Waals surface area contributed by atoms with E-state index in [1.54, 1.807) is 6.07 Å². The number of ketones is 1. The highest BCUT2D eigenvalue weighted by atomic mass is 19.4. The minimum atomic E-state index is -4.80. The van der Waals surface area contributed by atoms with Crippen molar-refractivity contribution in [1.29, 1.82) is 0 Å². The van der Waals surface area contributed by atoms with Crippen molar-refractivity contribution in [3.05, 3.63) is 59.2 Å². The number of hydrogen-bond donors (Lipinski definition) is 3. The molecule has 0 aliphatic heterocycles. The monoisotopic (exact) mass is 395 g/mol. The van der Waals surface area contributed by atoms with Gasteiger partial charge in [-0.3, -0.25) is 9.59 Å². The van der Waals surface area contributed by atoms with Crippen molar-refractivity contribution in [1.82, 2.24) is 5.32 Å². The minimum Gasteiger partial charge on any atom is -0.406 e. The molecule has 0 spiro atoms. The number of carbonyl (C=O) groups is 3. The second-order valence-electron chi connectivity index (χ2n) is 5.55. The highest BCUT2D eigenvalue weighted by molar-refractivity contribution is 6.04. The van der Waals surface area contributed by atoms with Crippen molar-refractivity contribution in [2.24, 2.45) is 5.73 Å². The summed E-state index contributed by atoms with van der Waals surface area (Å²) in [4.78, 5) is 34.7. The molecule has 2 rings (SSSR count). The molecule has 0 radical (unpaired) electrons. The lowest BCUT2D eigenvalue weighted by Crippen LogP contribution is -2.28. The molecular formula is C18H16F3N3O4. The molecule has 0 fully saturated rings. The molecule has 0 saturated heterocycles. The van der Waals surface area contributed by atoms with Crippen LogP contribution in [0.2, 0.25) is 0 Å². The highest BCUT2D eigenvalue weighted by Crippen LogP contribution is 2.23. The number of hydrogen-bond acceptors (Lipinski definition) is 5. The Balaban J connectivity index is 1.95. The van der Waals surface area contributed by atoms with Gasteiger partial charge >= 0.3 is 12.4 Å². The Morgan fingerprint density at radius 2 is 1.79 bits per heavy atom. The van der Waals surface area contributed by atoms with Crippen molar-refractivity contribution in [3.8, 4) is 5.75 Å². The third-order valence-corrected chi connectivity index (χ3v) is 3.53. The molecule has 10 heteroatoms. The van der Waals surface area contributed by atoms with Crippen LogP contribution in [0.15, 0.2) is 42.5 Å². The maximum Gasteiger partial charge on any atom is 0.573 e. The molecule has 148 valence electrons. The number of urea groups is 1. The Labute approximate surface area is 157 Å². The lowest BCUT2D eigenvalue weighted by molar-refractivity contribution is -0.274. The second kappa shape index (κ2) is 9.00. The fourth-order valence-electron chi connectivity index (χ4n) is 2.27. The number of anilines is 1. The molecule has 2 aromatic carbocycles. The van der Waals surface area contributed by atoms with E-state index < -0.39 is 23.9 Å². The Morgan fingerprint density at radius 1 is 1.11 bits per heavy atom. The van der Waals surface area contributed by atoms with Gasteiger partial charge < -0.3 is 21.1 Å². The van der Waals surface area contributed by atoms with Gasteiger partial charge in [-0.1, -0.05) is 12.1 Å². The van der Waals surface area contributed by atoms with Crippen LogP contribution in [0.25, 0.3) is 0 Å². The normalized spacial score (nSPS) is 10.9. The van der Waals surface area contributed by atoms with Crippen LogP contribution in [-0.2, 0) is 6.54 Å². The summed E-state index contributed by atoms with van der Waals surface area (Å²) in [5.41, 5.74) is 6.49. The minimum absolute atomic E-state index is 0.0467. The first-order valence-corrected chi connectivity index (χ1v) is 7.94. The second-order valence-corrected chi connectivity index (χ2v) is 5.55. The first-order chi connectivity index (χ1) is 13.2. The highest BCUT2D eigenvalue weighted by Gasteiger charge is 2.30. The summed E-state index contributed by atoms with van der Waals surface area (Å²) in [7, 11) is 0. The summed E-state index contributed by atoms with van der Waals surface area (Å²) in [5.74, 6) is -0.819. The maximum atomic E-state index is 12.1. The largest absolute Gasteiger partial charge is 0.573 e. The Kier molecular flexibility index (Phi) is 6.72. The van der Waals surface area contributed by atoms with Gasteiger partial charge in [0.05, 0.1) is 6.54 Å². The number of benzene rings is 2. The van der Waals surface area contributed by atoms with Gasteiger partial charge in [-0.25, -0.2) is 4.79 Å². The molecule has 0 aromatic heterocycles. The number of rotatable bonds is 7. The number of nitrogens with two attached hydrogens (primary N) is 1. The SMILES string of the molecule is NCC(=O)c1cc(CNC(=O)Nc2ccc(OC(F)(F)F)cc2)ccc1C=O. The molecule has 0 aliphatic carbocycles. The average Bonchev–Trinajstić information content (AvgIpc) is 2.66. The number of nitrogens with one attached hydrogen (secondary N) is 2. The van der Waals surface area contributed by atoms with Gasteiger partial charge in [0.25, 0.3) is 0 Å². The van der Waals surface area contributed by atoms with Gasteiger partial charge in [0.2, 0.25) is 0 Å². The first kappa shape index (κ1) is 20.9. The average molecular weight is 395 g/mol. The molecule has 0 atom stereocenters. The van der Waals surface area contributed by atoms with Crippen molar-refractivity contribution in [2.75, 3.05) is 11.9 Å². The lowest BCUT2D eigenvalue weighted by Gasteiger charge is -2.11. The summed E-state index contributed by atoms with van der Waals surface area (Å²) in [5, 5.41) is 4.97. The van der Waals surface area contributed by atoms with Gasteiger partial charge in [0, 0.05) is 23.4 Å². The smallest absolute Gasteiger partial charge is 0.406 e. The zero-order chi connectivity index (χ0) is 20.7. The van der Waals surface area contributed by atoms with E-state index in [1.807, 2.05) is 0 Å². The Hall–Kier alpha value is -3.40. The van der Waals surface area contributed by atoms with Crippen molar-refractivity contribution in [2.45, 2.75) is 12.9 Å². The Bertz CT molecular complexity index is 867. The van der Waals surface area contributed by atoms with Gasteiger partial charge in [-0.05, 0) is 35.9 Å². The van der Waals surface area contributed by atoms with Crippen molar-refractivity contribution in [3.63, 3.8) is 0 Å². The molecule has 2 aromatic rings. The third kappa shape index (κ3) is 6.09. The van der Waals surface area contributed by atoms with E-state index in [0.29, 0.717) is 11.8 Å². The molecule has 28 heavy (non-hydrogen) atoms. The molecule has 7 nitrogen and oxygen atoms in total. The quantitative estimate of drug-likeness (QED) is 0.493. The van der Waals surface area contributed by atoms with E-state index in [2.05, 4.69) is 15.4 Å². The van der Waals surface area contributed by atoms with E-state index in [-0.39, 0.29) is 29.9 Å². The molecule has 0 saturated carbocycles. The molecule has 0 unspecified atom stereocenters. The number of Topliss-reactive ketones (excluding diaryl/α,β-unsaturated/α-hetero) is 1. The third-order valence-electron chi connectivity index (χ3n) is 3.53. The van der Waals surface area contributed by atoms with Gasteiger partial charge in [-0.2, -0.15) is 0 Å². The molecule has 4 N–H and O–H groups in total. The van der Waals surface area contributed by atoms with Crippen molar-refractivity contribution < 1.29 is 32.3 Å². The van der Waals surface area contributed by atoms with Crippen molar-refractivity contribution >= 4 is 23.8 Å². The molecule has 0 aliphatic rings. The molecule has 0 heterocycles. The van der Waals surface area contributed by atoms with E-state index in [0.717, 1.165) is 12.1 Å². The summed E-state index contributed by atoms with van der Waals surface area (Å²) >= 11 is 0. The maximum absolute atomic E-state index is 12.1. The van der Waals surface area contributed by atoms with E-state index >= 15 is 0 Å². The topological polar surface area (TPSA) is 111 Å². The van der Waals surface area contributed by atoms with Gasteiger partial charge in [-0.15, -0.1) is 13.2 Å². The predicted molar refractivity (Wildman–Crippen MR) is 94.2 cm³/mol. The zero-order valence-corrected chi connectivity index (χ0v) is 14.4. The van der Waals surface area contributed by atoms with E-state index in [9.17, 15) is 27.6 Å². The lowest BCUT2D eigenvalue weighted by atomic mass is 10.0. The van der Waals surface area contributed by atoms with Gasteiger partial charge in [0.15, 0.2) is 12.1 Å². The first-order valence-electron chi connectivity index (χ1n) is 7.94. The van der Waals surface area contributed by atoms with Crippen LogP contribution in [0.4, 0.5) is 23.7 Å². The number of halogens is 3. The summed E-state index contributed by atoms with van der Waals surface area (Å²) in [6.07, 6.45) is -4.26. The standard InChI is InChI=1S/C18H16F3N3O4/c19-18(20,21)28-14-5-3-13(4-6-14)24-17(27)23-9-11-1-2-12(10-25)15(7-11)16(26)8-22/h1-7,10H,8-9,22H2,(H2,23,24,27). The summed E-state index contributed by atoms with van der Waals surface area (Å²) < 4.78 is 40.1. The molecule has 2 amide bonds. The van der Waals surface area contributed by atoms with Crippen LogP contribution in [0.5, 0.6) is 5.75 Å². The summed E-state index contributed by atoms with van der Waals surface area (Å²) in [6.45, 7) is -0.211. The summed E-state index contributed by atoms with van der Waals surface area (Å²) in [6, 6.07) is 8.48. The van der Waals surface area contributed by atoms with Crippen LogP contribution >= 0.6 is 0 Å². The molecular weight excluding hydrogens is 379 g/mol. The zero-order valence-electron chi connectivity index (χ0n) is 14.4. The molecule has 0 bridgehead atoms. The van der Waals surface area contributed by atoms with Crippen LogP contribution in [-0.4, -0.2) is 31.0 Å². The number of amides is 2. The number of alkyl halides is 3. The van der Waals surface area contributed by atoms with Crippen LogP contribution in [0, 0.1) is 0 Å². The van der Waals surface area contributed by atoms with Crippen LogP contribution in [0.3, 0.4) is 0 Å². The number of carbonyl (C=O) groups excluding carboxylic acids is 3. The fourth-order valence-corrected chi connectivity index (χ4v) is 2.27. The van der Waals surface area contributed by atoms with Crippen LogP contribution < -0.4 is 21.1 Å². The fraction of sp³-hybridized carbons (Fsp3) is 0.167. The number of ether oxygens (including phenoxy) is 1. The van der Waals surface area contributed by atoms with Gasteiger partial charge in [0.1, 0.15) is 5.75 Å². The van der Waals surface area contributed by atoms with E-state index in [1.165, 1.54) is 24.3 Å². The number of aldehydes is 1. The van der Waals surface area contributed by atoms with Crippen LogP contribution in [0.1, 0.15) is 26.3 Å². The van der Waals surface area contributed by atoms with E-state index in [4.69, 9.17) is 5.73 Å². The Morgan fingerprint density at radius 3 is 2.36 bits per heavy atom. The predicted octanol–water partition coefficient (Wildman–Crippen LogP) is 2.86.